The minimum atomic E-state index is -3.31. The highest BCUT2D eigenvalue weighted by atomic mass is 32.2. The number of carboxylic acid groups (broad SMARTS) is 1. The summed E-state index contributed by atoms with van der Waals surface area (Å²) in [5, 5.41) is 8.98. The van der Waals surface area contributed by atoms with E-state index in [2.05, 4.69) is 4.98 Å². The van der Waals surface area contributed by atoms with E-state index in [9.17, 15) is 13.2 Å². The van der Waals surface area contributed by atoms with E-state index < -0.39 is 20.6 Å². The standard InChI is InChI=1S/C8H11NO4S2/c1-8(2,15(3,12)13)7-9-4-5(14-7)6(10)11/h4H,1-3H3,(H,10,11). The van der Waals surface area contributed by atoms with Crippen molar-refractivity contribution in [2.75, 3.05) is 6.26 Å². The highest BCUT2D eigenvalue weighted by Gasteiger charge is 2.35. The number of rotatable bonds is 3. The lowest BCUT2D eigenvalue weighted by Crippen LogP contribution is -2.27. The zero-order chi connectivity index (χ0) is 11.9. The molecule has 0 atom stereocenters. The molecule has 1 rings (SSSR count). The van der Waals surface area contributed by atoms with Crippen molar-refractivity contribution < 1.29 is 18.3 Å². The van der Waals surface area contributed by atoms with Gasteiger partial charge in [0.1, 0.15) is 14.6 Å². The Morgan fingerprint density at radius 1 is 1.53 bits per heavy atom. The molecule has 0 spiro atoms. The van der Waals surface area contributed by atoms with Crippen LogP contribution in [-0.2, 0) is 14.6 Å². The number of sulfone groups is 1. The van der Waals surface area contributed by atoms with Gasteiger partial charge in [0.25, 0.3) is 0 Å². The average Bonchev–Trinajstić information content (AvgIpc) is 2.49. The molecule has 1 aromatic heterocycles. The number of hydrogen-bond acceptors (Lipinski definition) is 5. The number of aromatic carboxylic acids is 1. The average molecular weight is 249 g/mol. The van der Waals surface area contributed by atoms with E-state index in [0.29, 0.717) is 5.01 Å². The van der Waals surface area contributed by atoms with Gasteiger partial charge in [-0.3, -0.25) is 0 Å². The Morgan fingerprint density at radius 3 is 2.40 bits per heavy atom. The third-order valence-corrected chi connectivity index (χ3v) is 5.64. The monoisotopic (exact) mass is 249 g/mol. The van der Waals surface area contributed by atoms with Crippen LogP contribution in [0.25, 0.3) is 0 Å². The van der Waals surface area contributed by atoms with Gasteiger partial charge in [-0.05, 0) is 13.8 Å². The Balaban J connectivity index is 3.23. The molecular weight excluding hydrogens is 238 g/mol. The van der Waals surface area contributed by atoms with E-state index in [-0.39, 0.29) is 4.88 Å². The van der Waals surface area contributed by atoms with Crippen LogP contribution in [-0.4, -0.2) is 30.7 Å². The Kier molecular flexibility index (Phi) is 2.88. The van der Waals surface area contributed by atoms with Crippen LogP contribution in [0.1, 0.15) is 28.5 Å². The van der Waals surface area contributed by atoms with Crippen molar-refractivity contribution in [3.05, 3.63) is 16.1 Å². The molecule has 0 saturated carbocycles. The number of aromatic nitrogens is 1. The first-order valence-electron chi connectivity index (χ1n) is 4.05. The second-order valence-corrected chi connectivity index (χ2v) is 7.21. The Morgan fingerprint density at radius 2 is 2.07 bits per heavy atom. The smallest absolute Gasteiger partial charge is 0.347 e. The van der Waals surface area contributed by atoms with Gasteiger partial charge >= 0.3 is 5.97 Å². The summed E-state index contributed by atoms with van der Waals surface area (Å²) in [4.78, 5) is 14.5. The molecule has 0 aliphatic carbocycles. The maximum Gasteiger partial charge on any atom is 0.347 e. The molecule has 0 bridgehead atoms. The minimum absolute atomic E-state index is 0.0433. The lowest BCUT2D eigenvalue weighted by atomic mass is 10.2. The van der Waals surface area contributed by atoms with Gasteiger partial charge in [-0.25, -0.2) is 18.2 Å². The molecule has 7 heteroatoms. The summed E-state index contributed by atoms with van der Waals surface area (Å²) in [7, 11) is -3.31. The molecule has 0 saturated heterocycles. The highest BCUT2D eigenvalue weighted by molar-refractivity contribution is 7.91. The third-order valence-electron chi connectivity index (χ3n) is 2.16. The van der Waals surface area contributed by atoms with Gasteiger partial charge in [0.05, 0.1) is 6.20 Å². The van der Waals surface area contributed by atoms with Gasteiger partial charge in [0.15, 0.2) is 9.84 Å². The molecule has 0 fully saturated rings. The van der Waals surface area contributed by atoms with E-state index in [4.69, 9.17) is 5.11 Å². The molecular formula is C8H11NO4S2. The van der Waals surface area contributed by atoms with Crippen LogP contribution in [0.3, 0.4) is 0 Å². The first-order valence-corrected chi connectivity index (χ1v) is 6.76. The molecule has 0 amide bonds. The van der Waals surface area contributed by atoms with Crippen LogP contribution in [0.4, 0.5) is 0 Å². The highest BCUT2D eigenvalue weighted by Crippen LogP contribution is 2.31. The fraction of sp³-hybridized carbons (Fsp3) is 0.500. The minimum Gasteiger partial charge on any atom is -0.477 e. The van der Waals surface area contributed by atoms with Crippen molar-refractivity contribution in [1.82, 2.24) is 4.98 Å². The maximum atomic E-state index is 11.5. The summed E-state index contributed by atoms with van der Waals surface area (Å²) >= 11 is 0.885. The summed E-state index contributed by atoms with van der Waals surface area (Å²) in [6.45, 7) is 3.01. The second kappa shape index (κ2) is 3.57. The normalized spacial score (nSPS) is 12.7. The van der Waals surface area contributed by atoms with Crippen LogP contribution >= 0.6 is 11.3 Å². The molecule has 1 N–H and O–H groups in total. The number of carbonyl (C=O) groups is 1. The summed E-state index contributed by atoms with van der Waals surface area (Å²) < 4.78 is 21.8. The van der Waals surface area contributed by atoms with Gasteiger partial charge in [0, 0.05) is 6.26 Å². The lowest BCUT2D eigenvalue weighted by molar-refractivity contribution is 0.0702. The largest absolute Gasteiger partial charge is 0.477 e. The van der Waals surface area contributed by atoms with Gasteiger partial charge in [-0.1, -0.05) is 0 Å². The molecule has 0 radical (unpaired) electrons. The summed E-state index contributed by atoms with van der Waals surface area (Å²) in [5.41, 5.74) is 0. The van der Waals surface area contributed by atoms with E-state index >= 15 is 0 Å². The summed E-state index contributed by atoms with van der Waals surface area (Å²) in [6.07, 6.45) is 2.28. The zero-order valence-electron chi connectivity index (χ0n) is 8.51. The van der Waals surface area contributed by atoms with Gasteiger partial charge in [-0.2, -0.15) is 0 Å². The quantitative estimate of drug-likeness (QED) is 0.867. The van der Waals surface area contributed by atoms with Crippen molar-refractivity contribution >= 4 is 27.1 Å². The van der Waals surface area contributed by atoms with Gasteiger partial charge < -0.3 is 5.11 Å². The Labute approximate surface area is 91.7 Å². The van der Waals surface area contributed by atoms with Gasteiger partial charge in [0.2, 0.25) is 0 Å². The first kappa shape index (κ1) is 12.1. The Bertz CT molecular complexity index is 486. The fourth-order valence-electron chi connectivity index (χ4n) is 0.810. The summed E-state index contributed by atoms with van der Waals surface area (Å²) in [6, 6.07) is 0. The molecule has 5 nitrogen and oxygen atoms in total. The zero-order valence-corrected chi connectivity index (χ0v) is 10.1. The van der Waals surface area contributed by atoms with Crippen LogP contribution < -0.4 is 0 Å². The molecule has 84 valence electrons. The van der Waals surface area contributed by atoms with E-state index in [1.54, 1.807) is 0 Å². The summed E-state index contributed by atoms with van der Waals surface area (Å²) in [5.74, 6) is -1.09. The maximum absolute atomic E-state index is 11.5. The van der Waals surface area contributed by atoms with Crippen LogP contribution in [0.5, 0.6) is 0 Å². The predicted octanol–water partition coefficient (Wildman–Crippen LogP) is 1.12. The van der Waals surface area contributed by atoms with Crippen molar-refractivity contribution in [1.29, 1.82) is 0 Å². The number of nitrogens with zero attached hydrogens (tertiary/aromatic N) is 1. The molecule has 1 heterocycles. The topological polar surface area (TPSA) is 84.3 Å². The predicted molar refractivity (Wildman–Crippen MR) is 56.9 cm³/mol. The van der Waals surface area contributed by atoms with Crippen molar-refractivity contribution in [3.63, 3.8) is 0 Å². The van der Waals surface area contributed by atoms with Crippen molar-refractivity contribution in [2.24, 2.45) is 0 Å². The fourth-order valence-corrected chi connectivity index (χ4v) is 2.51. The third kappa shape index (κ3) is 2.18. The van der Waals surface area contributed by atoms with E-state index in [1.807, 2.05) is 0 Å². The molecule has 0 aromatic carbocycles. The van der Waals surface area contributed by atoms with Crippen LogP contribution in [0, 0.1) is 0 Å². The molecule has 0 aliphatic rings. The molecule has 15 heavy (non-hydrogen) atoms. The van der Waals surface area contributed by atoms with Crippen LogP contribution in [0.15, 0.2) is 6.20 Å². The molecule has 1 aromatic rings. The number of carboxylic acids is 1. The Hall–Kier alpha value is -0.950. The first-order chi connectivity index (χ1) is 6.66. The number of hydrogen-bond donors (Lipinski definition) is 1. The van der Waals surface area contributed by atoms with Crippen LogP contribution in [0.2, 0.25) is 0 Å². The number of thiazole rings is 1. The molecule has 0 aliphatic heterocycles. The van der Waals surface area contributed by atoms with Gasteiger partial charge in [-0.15, -0.1) is 11.3 Å². The SMILES string of the molecule is CC(C)(c1ncc(C(=O)O)s1)S(C)(=O)=O. The van der Waals surface area contributed by atoms with E-state index in [0.717, 1.165) is 17.6 Å². The van der Waals surface area contributed by atoms with Crippen molar-refractivity contribution in [2.45, 2.75) is 18.6 Å². The van der Waals surface area contributed by atoms with Crippen molar-refractivity contribution in [3.8, 4) is 0 Å². The second-order valence-electron chi connectivity index (χ2n) is 3.62. The lowest BCUT2D eigenvalue weighted by Gasteiger charge is -2.18. The molecule has 0 unspecified atom stereocenters. The van der Waals surface area contributed by atoms with E-state index in [1.165, 1.54) is 20.0 Å².